The van der Waals surface area contributed by atoms with Crippen LogP contribution in [0.1, 0.15) is 24.1 Å². The number of nitrogens with one attached hydrogen (secondary N) is 2. The number of anilines is 1. The lowest BCUT2D eigenvalue weighted by Gasteiger charge is -2.18. The molecule has 1 aromatic heterocycles. The van der Waals surface area contributed by atoms with Gasteiger partial charge < -0.3 is 19.8 Å². The molecule has 0 spiro atoms. The minimum Gasteiger partial charge on any atom is -0.497 e. The van der Waals surface area contributed by atoms with Crippen LogP contribution >= 0.6 is 12.2 Å². The predicted octanol–water partition coefficient (Wildman–Crippen LogP) is 4.16. The van der Waals surface area contributed by atoms with Crippen LogP contribution < -0.4 is 21.0 Å². The Morgan fingerprint density at radius 1 is 1.19 bits per heavy atom. The van der Waals surface area contributed by atoms with Gasteiger partial charge in [-0.3, -0.25) is 0 Å². The molecule has 6 heteroatoms. The van der Waals surface area contributed by atoms with Crippen molar-refractivity contribution < 1.29 is 9.15 Å². The van der Waals surface area contributed by atoms with Crippen LogP contribution in [0.5, 0.6) is 5.75 Å². The zero-order valence-corrected chi connectivity index (χ0v) is 15.6. The average molecular weight is 368 g/mol. The van der Waals surface area contributed by atoms with Crippen molar-refractivity contribution in [2.45, 2.75) is 19.9 Å². The lowest BCUT2D eigenvalue weighted by Crippen LogP contribution is -2.30. The first-order valence-corrected chi connectivity index (χ1v) is 8.63. The highest BCUT2D eigenvalue weighted by molar-refractivity contribution is 7.80. The SMILES string of the molecule is COc1cccc(C(C)NC(=S)Nc2ccc3c(C)cc(=O)oc3c2)c1. The number of fused-ring (bicyclic) bond motifs is 1. The second-order valence-electron chi connectivity index (χ2n) is 6.06. The zero-order chi connectivity index (χ0) is 18.7. The van der Waals surface area contributed by atoms with Crippen molar-refractivity contribution in [3.05, 3.63) is 70.1 Å². The molecule has 0 radical (unpaired) electrons. The van der Waals surface area contributed by atoms with Gasteiger partial charge in [0, 0.05) is 23.2 Å². The van der Waals surface area contributed by atoms with Gasteiger partial charge in [0.25, 0.3) is 0 Å². The molecule has 0 bridgehead atoms. The van der Waals surface area contributed by atoms with Crippen molar-refractivity contribution >= 4 is 34.0 Å². The second-order valence-corrected chi connectivity index (χ2v) is 6.46. The molecule has 0 aliphatic rings. The van der Waals surface area contributed by atoms with E-state index >= 15 is 0 Å². The number of hydrogen-bond donors (Lipinski definition) is 2. The minimum absolute atomic E-state index is 0.00531. The van der Waals surface area contributed by atoms with E-state index in [4.69, 9.17) is 21.4 Å². The summed E-state index contributed by atoms with van der Waals surface area (Å²) in [5.41, 5.74) is 2.87. The number of benzene rings is 2. The first-order valence-electron chi connectivity index (χ1n) is 8.22. The molecule has 2 N–H and O–H groups in total. The maximum absolute atomic E-state index is 11.6. The van der Waals surface area contributed by atoms with E-state index in [1.165, 1.54) is 6.07 Å². The first-order chi connectivity index (χ1) is 12.5. The molecule has 3 rings (SSSR count). The molecule has 26 heavy (non-hydrogen) atoms. The van der Waals surface area contributed by atoms with Crippen LogP contribution in [0.3, 0.4) is 0 Å². The molecule has 1 heterocycles. The van der Waals surface area contributed by atoms with Crippen LogP contribution in [-0.2, 0) is 0 Å². The van der Waals surface area contributed by atoms with Crippen LogP contribution in [-0.4, -0.2) is 12.2 Å². The van der Waals surface area contributed by atoms with Gasteiger partial charge in [-0.1, -0.05) is 12.1 Å². The summed E-state index contributed by atoms with van der Waals surface area (Å²) < 4.78 is 10.5. The highest BCUT2D eigenvalue weighted by Gasteiger charge is 2.09. The summed E-state index contributed by atoms with van der Waals surface area (Å²) in [7, 11) is 1.64. The molecular formula is C20H20N2O3S. The van der Waals surface area contributed by atoms with Crippen molar-refractivity contribution in [2.75, 3.05) is 12.4 Å². The maximum Gasteiger partial charge on any atom is 0.336 e. The summed E-state index contributed by atoms with van der Waals surface area (Å²) >= 11 is 5.40. The highest BCUT2D eigenvalue weighted by atomic mass is 32.1. The van der Waals surface area contributed by atoms with E-state index in [1.54, 1.807) is 13.2 Å². The number of methoxy groups -OCH3 is 1. The Labute approximate surface area is 157 Å². The fourth-order valence-electron chi connectivity index (χ4n) is 2.76. The summed E-state index contributed by atoms with van der Waals surface area (Å²) in [5, 5.41) is 7.75. The third-order valence-corrected chi connectivity index (χ3v) is 4.37. The first kappa shape index (κ1) is 17.9. The number of thiocarbonyl (C=S) groups is 1. The molecular weight excluding hydrogens is 348 g/mol. The van der Waals surface area contributed by atoms with Crippen LogP contribution in [0.15, 0.2) is 57.7 Å². The van der Waals surface area contributed by atoms with Crippen LogP contribution in [0, 0.1) is 6.92 Å². The quantitative estimate of drug-likeness (QED) is 0.533. The van der Waals surface area contributed by atoms with E-state index in [0.29, 0.717) is 10.7 Å². The minimum atomic E-state index is -0.362. The van der Waals surface area contributed by atoms with Gasteiger partial charge in [0.15, 0.2) is 5.11 Å². The van der Waals surface area contributed by atoms with Gasteiger partial charge in [-0.25, -0.2) is 4.79 Å². The number of ether oxygens (including phenoxy) is 1. The topological polar surface area (TPSA) is 63.5 Å². The smallest absolute Gasteiger partial charge is 0.336 e. The van der Waals surface area contributed by atoms with Crippen molar-refractivity contribution in [1.29, 1.82) is 0 Å². The Kier molecular flexibility index (Phi) is 5.23. The lowest BCUT2D eigenvalue weighted by molar-refractivity contribution is 0.413. The van der Waals surface area contributed by atoms with E-state index in [1.807, 2.05) is 50.2 Å². The van der Waals surface area contributed by atoms with Crippen molar-refractivity contribution in [3.63, 3.8) is 0 Å². The number of hydrogen-bond acceptors (Lipinski definition) is 4. The van der Waals surface area contributed by atoms with Gasteiger partial charge in [-0.2, -0.15) is 0 Å². The molecule has 5 nitrogen and oxygen atoms in total. The van der Waals surface area contributed by atoms with E-state index < -0.39 is 0 Å². The Morgan fingerprint density at radius 3 is 2.77 bits per heavy atom. The van der Waals surface area contributed by atoms with E-state index in [-0.39, 0.29) is 11.7 Å². The molecule has 0 aliphatic heterocycles. The van der Waals surface area contributed by atoms with E-state index in [2.05, 4.69) is 10.6 Å². The molecule has 0 saturated heterocycles. The monoisotopic (exact) mass is 368 g/mol. The lowest BCUT2D eigenvalue weighted by atomic mass is 10.1. The molecule has 134 valence electrons. The Morgan fingerprint density at radius 2 is 2.00 bits per heavy atom. The number of rotatable bonds is 4. The third kappa shape index (κ3) is 4.03. The van der Waals surface area contributed by atoms with Gasteiger partial charge in [0.1, 0.15) is 11.3 Å². The standard InChI is InChI=1S/C20H20N2O3S/c1-12-9-19(23)25-18-11-15(7-8-17(12)18)22-20(26)21-13(2)14-5-4-6-16(10-14)24-3/h4-11,13H,1-3H3,(H2,21,22,26). The Bertz CT molecular complexity index is 1010. The Hall–Kier alpha value is -2.86. The zero-order valence-electron chi connectivity index (χ0n) is 14.8. The molecule has 3 aromatic rings. The summed E-state index contributed by atoms with van der Waals surface area (Å²) in [4.78, 5) is 11.6. The largest absolute Gasteiger partial charge is 0.497 e. The van der Waals surface area contributed by atoms with Crippen molar-refractivity contribution in [2.24, 2.45) is 0 Å². The molecule has 0 fully saturated rings. The Balaban J connectivity index is 1.73. The fourth-order valence-corrected chi connectivity index (χ4v) is 3.06. The van der Waals surface area contributed by atoms with Crippen LogP contribution in [0.4, 0.5) is 5.69 Å². The van der Waals surface area contributed by atoms with Gasteiger partial charge in [0.2, 0.25) is 0 Å². The molecule has 0 aliphatic carbocycles. The maximum atomic E-state index is 11.6. The molecule has 1 atom stereocenters. The summed E-state index contributed by atoms with van der Waals surface area (Å²) in [6.07, 6.45) is 0. The molecule has 1 unspecified atom stereocenters. The van der Waals surface area contributed by atoms with Gasteiger partial charge in [0.05, 0.1) is 13.2 Å². The highest BCUT2D eigenvalue weighted by Crippen LogP contribution is 2.22. The number of aryl methyl sites for hydroxylation is 1. The van der Waals surface area contributed by atoms with E-state index in [0.717, 1.165) is 28.0 Å². The molecule has 0 amide bonds. The second kappa shape index (κ2) is 7.58. The van der Waals surface area contributed by atoms with Gasteiger partial charge in [-0.15, -0.1) is 0 Å². The fraction of sp³-hybridized carbons (Fsp3) is 0.200. The summed E-state index contributed by atoms with van der Waals surface area (Å²) in [6.45, 7) is 3.90. The van der Waals surface area contributed by atoms with Crippen LogP contribution in [0.2, 0.25) is 0 Å². The molecule has 0 saturated carbocycles. The summed E-state index contributed by atoms with van der Waals surface area (Å²) in [6, 6.07) is 14.9. The van der Waals surface area contributed by atoms with Crippen LogP contribution in [0.25, 0.3) is 11.0 Å². The van der Waals surface area contributed by atoms with Crippen molar-refractivity contribution in [3.8, 4) is 5.75 Å². The normalized spacial score (nSPS) is 11.8. The average Bonchev–Trinajstić information content (AvgIpc) is 2.61. The van der Waals surface area contributed by atoms with Gasteiger partial charge in [-0.05, 0) is 61.5 Å². The molecule has 2 aromatic carbocycles. The third-order valence-electron chi connectivity index (χ3n) is 4.15. The summed E-state index contributed by atoms with van der Waals surface area (Å²) in [5.74, 6) is 0.801. The van der Waals surface area contributed by atoms with Gasteiger partial charge >= 0.3 is 5.63 Å². The van der Waals surface area contributed by atoms with E-state index in [9.17, 15) is 4.79 Å². The van der Waals surface area contributed by atoms with Crippen molar-refractivity contribution in [1.82, 2.24) is 5.32 Å². The predicted molar refractivity (Wildman–Crippen MR) is 108 cm³/mol.